The van der Waals surface area contributed by atoms with Crippen LogP contribution in [0, 0.1) is 11.6 Å². The van der Waals surface area contributed by atoms with Gasteiger partial charge in [-0.15, -0.1) is 11.3 Å². The molecule has 20 heavy (non-hydrogen) atoms. The maximum Gasteiger partial charge on any atom is 0.164 e. The van der Waals surface area contributed by atoms with Crippen molar-refractivity contribution >= 4 is 11.3 Å². The molecule has 0 radical (unpaired) electrons. The topological polar surface area (TPSA) is 36.4 Å². The number of aromatic nitrogens is 1. The molecular weight excluding hydrogens is 282 g/mol. The van der Waals surface area contributed by atoms with Crippen LogP contribution in [-0.4, -0.2) is 28.6 Å². The van der Waals surface area contributed by atoms with E-state index >= 15 is 0 Å². The van der Waals surface area contributed by atoms with Gasteiger partial charge >= 0.3 is 0 Å². The number of aliphatic hydroxyl groups excluding tert-OH is 1. The second-order valence-electron chi connectivity index (χ2n) is 4.67. The second kappa shape index (κ2) is 6.88. The van der Waals surface area contributed by atoms with Crippen molar-refractivity contribution in [2.75, 3.05) is 13.6 Å². The summed E-state index contributed by atoms with van der Waals surface area (Å²) in [6.45, 7) is 1.23. The van der Waals surface area contributed by atoms with Gasteiger partial charge in [0.25, 0.3) is 0 Å². The lowest BCUT2D eigenvalue weighted by Crippen LogP contribution is -2.21. The number of hydrogen-bond donors (Lipinski definition) is 1. The molecule has 0 spiro atoms. The second-order valence-corrected chi connectivity index (χ2v) is 5.38. The Morgan fingerprint density at radius 3 is 2.90 bits per heavy atom. The zero-order chi connectivity index (χ0) is 14.5. The van der Waals surface area contributed by atoms with Crippen molar-refractivity contribution in [3.05, 3.63) is 52.0 Å². The number of rotatable bonds is 6. The molecule has 3 nitrogen and oxygen atoms in total. The van der Waals surface area contributed by atoms with Gasteiger partial charge in [-0.05, 0) is 19.5 Å². The van der Waals surface area contributed by atoms with Gasteiger partial charge in [0.1, 0.15) is 0 Å². The van der Waals surface area contributed by atoms with E-state index in [0.717, 1.165) is 11.8 Å². The molecule has 108 valence electrons. The third kappa shape index (κ3) is 3.82. The van der Waals surface area contributed by atoms with Gasteiger partial charge in [-0.2, -0.15) is 0 Å². The quantitative estimate of drug-likeness (QED) is 0.890. The number of halogens is 2. The van der Waals surface area contributed by atoms with Gasteiger partial charge < -0.3 is 10.0 Å². The largest absolute Gasteiger partial charge is 0.388 e. The van der Waals surface area contributed by atoms with Crippen molar-refractivity contribution in [1.29, 1.82) is 0 Å². The number of hydrogen-bond acceptors (Lipinski definition) is 4. The third-order valence-electron chi connectivity index (χ3n) is 3.04. The fraction of sp³-hybridized carbons (Fsp3) is 0.357. The molecule has 0 amide bonds. The Morgan fingerprint density at radius 2 is 2.20 bits per heavy atom. The molecule has 0 saturated heterocycles. The minimum atomic E-state index is -1.01. The van der Waals surface area contributed by atoms with Gasteiger partial charge in [0.2, 0.25) is 0 Å². The first-order chi connectivity index (χ1) is 9.58. The average molecular weight is 298 g/mol. The molecule has 6 heteroatoms. The van der Waals surface area contributed by atoms with Crippen LogP contribution in [0.2, 0.25) is 0 Å². The minimum absolute atomic E-state index is 0.00654. The molecule has 0 aliphatic carbocycles. The van der Waals surface area contributed by atoms with E-state index in [9.17, 15) is 13.9 Å². The molecule has 1 unspecified atom stereocenters. The van der Waals surface area contributed by atoms with E-state index < -0.39 is 17.7 Å². The molecule has 1 aromatic carbocycles. The summed E-state index contributed by atoms with van der Waals surface area (Å²) < 4.78 is 26.6. The van der Waals surface area contributed by atoms with Gasteiger partial charge in [0, 0.05) is 24.0 Å². The van der Waals surface area contributed by atoms with Crippen molar-refractivity contribution in [1.82, 2.24) is 9.88 Å². The summed E-state index contributed by atoms with van der Waals surface area (Å²) in [4.78, 5) is 6.15. The van der Waals surface area contributed by atoms with Crippen LogP contribution in [0.15, 0.2) is 29.1 Å². The minimum Gasteiger partial charge on any atom is -0.388 e. The third-order valence-corrected chi connectivity index (χ3v) is 3.68. The molecule has 2 aromatic rings. The van der Waals surface area contributed by atoms with Crippen LogP contribution < -0.4 is 0 Å². The van der Waals surface area contributed by atoms with E-state index in [0.29, 0.717) is 19.5 Å². The highest BCUT2D eigenvalue weighted by Gasteiger charge is 2.16. The normalized spacial score (nSPS) is 12.8. The van der Waals surface area contributed by atoms with Crippen LogP contribution in [0.3, 0.4) is 0 Å². The van der Waals surface area contributed by atoms with Crippen molar-refractivity contribution in [3.8, 4) is 0 Å². The molecule has 1 N–H and O–H groups in total. The van der Waals surface area contributed by atoms with Crippen LogP contribution >= 0.6 is 11.3 Å². The Bertz CT molecular complexity index is 548. The highest BCUT2D eigenvalue weighted by Crippen LogP contribution is 2.22. The summed E-state index contributed by atoms with van der Waals surface area (Å²) in [5.41, 5.74) is 2.73. The Hall–Kier alpha value is -1.37. The molecule has 1 heterocycles. The van der Waals surface area contributed by atoms with E-state index in [1.165, 1.54) is 23.5 Å². The Kier molecular flexibility index (Phi) is 5.17. The predicted octanol–water partition coefficient (Wildman–Crippen LogP) is 2.98. The van der Waals surface area contributed by atoms with Crippen molar-refractivity contribution in [2.45, 2.75) is 19.1 Å². The van der Waals surface area contributed by atoms with Gasteiger partial charge in [-0.3, -0.25) is 0 Å². The molecular formula is C14H16F2N2OS. The van der Waals surface area contributed by atoms with Gasteiger partial charge in [-0.25, -0.2) is 13.8 Å². The molecule has 0 aliphatic heterocycles. The Labute approximate surface area is 120 Å². The molecule has 2 rings (SSSR count). The lowest BCUT2D eigenvalue weighted by Gasteiger charge is -2.18. The lowest BCUT2D eigenvalue weighted by molar-refractivity contribution is 0.142. The van der Waals surface area contributed by atoms with E-state index in [2.05, 4.69) is 4.98 Å². The van der Waals surface area contributed by atoms with Crippen molar-refractivity contribution in [3.63, 3.8) is 0 Å². The highest BCUT2D eigenvalue weighted by molar-refractivity contribution is 7.07. The van der Waals surface area contributed by atoms with E-state index in [-0.39, 0.29) is 5.56 Å². The number of aliphatic hydroxyl groups is 1. The number of nitrogens with zero attached hydrogens (tertiary/aromatic N) is 2. The van der Waals surface area contributed by atoms with Crippen LogP contribution in [-0.2, 0) is 6.54 Å². The van der Waals surface area contributed by atoms with Crippen molar-refractivity contribution in [2.24, 2.45) is 0 Å². The van der Waals surface area contributed by atoms with Crippen LogP contribution in [0.4, 0.5) is 8.78 Å². The Balaban J connectivity index is 1.88. The summed E-state index contributed by atoms with van der Waals surface area (Å²) in [6, 6.07) is 3.85. The molecule has 1 atom stereocenters. The summed E-state index contributed by atoms with van der Waals surface area (Å²) in [5.74, 6) is -1.90. The predicted molar refractivity (Wildman–Crippen MR) is 74.4 cm³/mol. The molecule has 0 fully saturated rings. The van der Waals surface area contributed by atoms with Gasteiger partial charge in [0.05, 0.1) is 17.3 Å². The highest BCUT2D eigenvalue weighted by atomic mass is 32.1. The average Bonchev–Trinajstić information content (AvgIpc) is 2.92. The van der Waals surface area contributed by atoms with Crippen molar-refractivity contribution < 1.29 is 13.9 Å². The standard InChI is InChI=1S/C14H16F2N2OS/c1-18(7-10-8-20-9-17-10)6-5-13(19)11-3-2-4-12(15)14(11)16/h2-4,8-9,13,19H,5-7H2,1H3. The maximum atomic E-state index is 13.5. The first kappa shape index (κ1) is 15.0. The lowest BCUT2D eigenvalue weighted by atomic mass is 10.1. The molecule has 0 bridgehead atoms. The molecule has 0 saturated carbocycles. The number of thiazole rings is 1. The van der Waals surface area contributed by atoms with Gasteiger partial charge in [0.15, 0.2) is 11.6 Å². The Morgan fingerprint density at radius 1 is 1.40 bits per heavy atom. The van der Waals surface area contributed by atoms with Crippen LogP contribution in [0.1, 0.15) is 23.8 Å². The van der Waals surface area contributed by atoms with E-state index in [1.54, 1.807) is 5.51 Å². The van der Waals surface area contributed by atoms with Gasteiger partial charge in [-0.1, -0.05) is 12.1 Å². The smallest absolute Gasteiger partial charge is 0.164 e. The van der Waals surface area contributed by atoms with Crippen LogP contribution in [0.5, 0.6) is 0 Å². The summed E-state index contributed by atoms with van der Waals surface area (Å²) in [7, 11) is 1.90. The van der Waals surface area contributed by atoms with Crippen LogP contribution in [0.25, 0.3) is 0 Å². The van der Waals surface area contributed by atoms with E-state index in [1.807, 2.05) is 17.3 Å². The van der Waals surface area contributed by atoms with E-state index in [4.69, 9.17) is 0 Å². The summed E-state index contributed by atoms with van der Waals surface area (Å²) in [6.07, 6.45) is -0.676. The molecule has 0 aliphatic rings. The zero-order valence-corrected chi connectivity index (χ0v) is 11.9. The summed E-state index contributed by atoms with van der Waals surface area (Å²) >= 11 is 1.53. The summed E-state index contributed by atoms with van der Waals surface area (Å²) in [5, 5.41) is 11.9. The number of benzene rings is 1. The fourth-order valence-electron chi connectivity index (χ4n) is 1.95. The SMILES string of the molecule is CN(CCC(O)c1cccc(F)c1F)Cc1cscn1. The monoisotopic (exact) mass is 298 g/mol. The fourth-order valence-corrected chi connectivity index (χ4v) is 2.50. The first-order valence-corrected chi connectivity index (χ1v) is 7.20. The molecule has 1 aromatic heterocycles. The zero-order valence-electron chi connectivity index (χ0n) is 11.1. The maximum absolute atomic E-state index is 13.5. The first-order valence-electron chi connectivity index (χ1n) is 6.25.